The highest BCUT2D eigenvalue weighted by molar-refractivity contribution is 5.03. The van der Waals surface area contributed by atoms with Gasteiger partial charge in [0.1, 0.15) is 0 Å². The number of nitrogens with two attached hydrogens (primary N) is 1. The Morgan fingerprint density at radius 2 is 1.94 bits per heavy atom. The molecule has 0 radical (unpaired) electrons. The summed E-state index contributed by atoms with van der Waals surface area (Å²) in [6, 6.07) is 0. The van der Waals surface area contributed by atoms with Crippen molar-refractivity contribution in [2.75, 3.05) is 59.4 Å². The highest BCUT2D eigenvalue weighted by Gasteiger charge is 2.46. The van der Waals surface area contributed by atoms with Crippen molar-refractivity contribution in [1.29, 1.82) is 0 Å². The van der Waals surface area contributed by atoms with Gasteiger partial charge in [-0.05, 0) is 32.4 Å². The molecule has 0 spiro atoms. The first-order valence-corrected chi connectivity index (χ1v) is 7.35. The molecular weight excluding hydrogens is 226 g/mol. The number of piperidine rings is 1. The highest BCUT2D eigenvalue weighted by Crippen LogP contribution is 2.35. The molecule has 3 atom stereocenters. The summed E-state index contributed by atoms with van der Waals surface area (Å²) in [4.78, 5) is 4.98. The van der Waals surface area contributed by atoms with Crippen LogP contribution in [0.25, 0.3) is 0 Å². The predicted molar refractivity (Wildman–Crippen MR) is 73.2 cm³/mol. The van der Waals surface area contributed by atoms with Gasteiger partial charge in [0.15, 0.2) is 0 Å². The standard InChI is InChI=1S/C13H27N5/c1-16-6-8-18(9-7-16)15-13(11-14)3-5-17-4-2-12(13)10-17/h12,15H,2-11,14H2,1H3. The minimum atomic E-state index is 0.170. The third-order valence-corrected chi connectivity index (χ3v) is 5.18. The first kappa shape index (κ1) is 12.8. The van der Waals surface area contributed by atoms with Crippen LogP contribution in [-0.2, 0) is 0 Å². The van der Waals surface area contributed by atoms with Crippen molar-refractivity contribution < 1.29 is 0 Å². The molecule has 0 aromatic carbocycles. The van der Waals surface area contributed by atoms with Crippen LogP contribution in [0.2, 0.25) is 0 Å². The van der Waals surface area contributed by atoms with Crippen LogP contribution >= 0.6 is 0 Å². The molecule has 0 saturated carbocycles. The summed E-state index contributed by atoms with van der Waals surface area (Å²) in [6.45, 7) is 9.07. The van der Waals surface area contributed by atoms with Crippen LogP contribution in [0, 0.1) is 5.92 Å². The first-order chi connectivity index (χ1) is 8.72. The third-order valence-electron chi connectivity index (χ3n) is 5.18. The van der Waals surface area contributed by atoms with Crippen molar-refractivity contribution in [1.82, 2.24) is 20.2 Å². The minimum absolute atomic E-state index is 0.170. The van der Waals surface area contributed by atoms with Crippen LogP contribution in [0.1, 0.15) is 12.8 Å². The van der Waals surface area contributed by atoms with Crippen LogP contribution in [-0.4, -0.2) is 79.8 Å². The van der Waals surface area contributed by atoms with Gasteiger partial charge < -0.3 is 15.5 Å². The van der Waals surface area contributed by atoms with Crippen LogP contribution in [0.3, 0.4) is 0 Å². The van der Waals surface area contributed by atoms with E-state index in [-0.39, 0.29) is 5.54 Å². The Morgan fingerprint density at radius 1 is 1.17 bits per heavy atom. The van der Waals surface area contributed by atoms with E-state index in [1.165, 1.54) is 32.5 Å². The fourth-order valence-corrected chi connectivity index (χ4v) is 3.74. The molecule has 3 fully saturated rings. The normalized spacial score (nSPS) is 42.3. The van der Waals surface area contributed by atoms with Crippen LogP contribution in [0.15, 0.2) is 0 Å². The lowest BCUT2D eigenvalue weighted by Crippen LogP contribution is -2.67. The molecule has 0 aromatic rings. The van der Waals surface area contributed by atoms with Gasteiger partial charge in [-0.15, -0.1) is 0 Å². The molecule has 0 amide bonds. The molecule has 3 N–H and O–H groups in total. The number of nitrogens with zero attached hydrogens (tertiary/aromatic N) is 3. The van der Waals surface area contributed by atoms with Gasteiger partial charge in [-0.2, -0.15) is 0 Å². The molecule has 3 rings (SSSR count). The maximum absolute atomic E-state index is 6.15. The van der Waals surface area contributed by atoms with Crippen LogP contribution in [0.5, 0.6) is 0 Å². The number of fused-ring (bicyclic) bond motifs is 2. The Bertz CT molecular complexity index is 289. The maximum atomic E-state index is 6.15. The summed E-state index contributed by atoms with van der Waals surface area (Å²) in [5.74, 6) is 0.746. The zero-order valence-corrected chi connectivity index (χ0v) is 11.6. The fraction of sp³-hybridized carbons (Fsp3) is 1.00. The van der Waals surface area contributed by atoms with Crippen molar-refractivity contribution in [2.45, 2.75) is 18.4 Å². The van der Waals surface area contributed by atoms with Gasteiger partial charge in [0, 0.05) is 45.8 Å². The summed E-state index contributed by atoms with van der Waals surface area (Å²) >= 11 is 0. The van der Waals surface area contributed by atoms with Crippen molar-refractivity contribution >= 4 is 0 Å². The lowest BCUT2D eigenvalue weighted by molar-refractivity contribution is 0.0126. The molecule has 3 aliphatic heterocycles. The average Bonchev–Trinajstić information content (AvgIpc) is 2.81. The molecule has 3 saturated heterocycles. The number of hydrogen-bond acceptors (Lipinski definition) is 5. The summed E-state index contributed by atoms with van der Waals surface area (Å²) in [6.07, 6.45) is 2.53. The summed E-state index contributed by atoms with van der Waals surface area (Å²) in [7, 11) is 2.20. The molecular formula is C13H27N5. The quantitative estimate of drug-likeness (QED) is 0.687. The van der Waals surface area contributed by atoms with E-state index in [0.29, 0.717) is 0 Å². The minimum Gasteiger partial charge on any atom is -0.329 e. The maximum Gasteiger partial charge on any atom is 0.0500 e. The smallest absolute Gasteiger partial charge is 0.0500 e. The zero-order chi connectivity index (χ0) is 12.6. The Hall–Kier alpha value is -0.200. The first-order valence-electron chi connectivity index (χ1n) is 7.35. The average molecular weight is 253 g/mol. The highest BCUT2D eigenvalue weighted by atomic mass is 15.6. The zero-order valence-electron chi connectivity index (χ0n) is 11.6. The second-order valence-corrected chi connectivity index (χ2v) is 6.30. The fourth-order valence-electron chi connectivity index (χ4n) is 3.74. The van der Waals surface area contributed by atoms with Crippen molar-refractivity contribution in [2.24, 2.45) is 11.7 Å². The van der Waals surface area contributed by atoms with E-state index in [0.717, 1.165) is 38.6 Å². The largest absolute Gasteiger partial charge is 0.329 e. The van der Waals surface area contributed by atoms with E-state index in [9.17, 15) is 0 Å². The SMILES string of the molecule is CN1CCN(NC2(CN)CCN3CCC2C3)CC1. The molecule has 5 heteroatoms. The van der Waals surface area contributed by atoms with Gasteiger partial charge in [-0.25, -0.2) is 10.4 Å². The monoisotopic (exact) mass is 253 g/mol. The molecule has 0 aromatic heterocycles. The number of rotatable bonds is 3. The Morgan fingerprint density at radius 3 is 2.67 bits per heavy atom. The van der Waals surface area contributed by atoms with Gasteiger partial charge in [-0.1, -0.05) is 0 Å². The summed E-state index contributed by atoms with van der Waals surface area (Å²) in [5.41, 5.74) is 10.1. The molecule has 18 heavy (non-hydrogen) atoms. The Balaban J connectivity index is 1.64. The molecule has 3 heterocycles. The van der Waals surface area contributed by atoms with Crippen molar-refractivity contribution in [3.05, 3.63) is 0 Å². The van der Waals surface area contributed by atoms with Gasteiger partial charge in [0.2, 0.25) is 0 Å². The number of piperazine rings is 1. The molecule has 3 aliphatic rings. The van der Waals surface area contributed by atoms with Crippen LogP contribution in [0.4, 0.5) is 0 Å². The number of likely N-dealkylation sites (N-methyl/N-ethyl adjacent to an activating group) is 1. The number of nitrogens with one attached hydrogen (secondary N) is 1. The summed E-state index contributed by atoms with van der Waals surface area (Å²) < 4.78 is 0. The third kappa shape index (κ3) is 2.30. The van der Waals surface area contributed by atoms with Gasteiger partial charge in [-0.3, -0.25) is 0 Å². The Kier molecular flexibility index (Phi) is 3.60. The molecule has 104 valence electrons. The van der Waals surface area contributed by atoms with Gasteiger partial charge >= 0.3 is 0 Å². The molecule has 2 bridgehead atoms. The number of hydrogen-bond donors (Lipinski definition) is 2. The van der Waals surface area contributed by atoms with Crippen molar-refractivity contribution in [3.63, 3.8) is 0 Å². The van der Waals surface area contributed by atoms with E-state index in [4.69, 9.17) is 5.73 Å². The topological polar surface area (TPSA) is 47.8 Å². The molecule has 0 aliphatic carbocycles. The second-order valence-electron chi connectivity index (χ2n) is 6.30. The number of hydrazine groups is 1. The van der Waals surface area contributed by atoms with Gasteiger partial charge in [0.25, 0.3) is 0 Å². The second kappa shape index (κ2) is 5.06. The predicted octanol–water partition coefficient (Wildman–Crippen LogP) is -0.838. The lowest BCUT2D eigenvalue weighted by Gasteiger charge is -2.47. The van der Waals surface area contributed by atoms with E-state index in [1.54, 1.807) is 0 Å². The van der Waals surface area contributed by atoms with E-state index in [2.05, 4.69) is 27.3 Å². The van der Waals surface area contributed by atoms with Crippen LogP contribution < -0.4 is 11.2 Å². The van der Waals surface area contributed by atoms with E-state index in [1.807, 2.05) is 0 Å². The lowest BCUT2D eigenvalue weighted by atomic mass is 9.79. The Labute approximate surface area is 110 Å². The van der Waals surface area contributed by atoms with E-state index >= 15 is 0 Å². The summed E-state index contributed by atoms with van der Waals surface area (Å²) in [5, 5.41) is 2.42. The molecule has 3 unspecified atom stereocenters. The van der Waals surface area contributed by atoms with Crippen molar-refractivity contribution in [3.8, 4) is 0 Å². The van der Waals surface area contributed by atoms with E-state index < -0.39 is 0 Å². The van der Waals surface area contributed by atoms with Gasteiger partial charge in [0.05, 0.1) is 5.54 Å². The molecule has 5 nitrogen and oxygen atoms in total.